The summed E-state index contributed by atoms with van der Waals surface area (Å²) >= 11 is 0. The maximum atomic E-state index is 11.8. The monoisotopic (exact) mass is 319 g/mol. The van der Waals surface area contributed by atoms with Crippen molar-refractivity contribution in [1.29, 1.82) is 0 Å². The van der Waals surface area contributed by atoms with Gasteiger partial charge in [0.2, 0.25) is 0 Å². The average Bonchev–Trinajstić information content (AvgIpc) is 3.10. The highest BCUT2D eigenvalue weighted by Gasteiger charge is 2.15. The molecule has 5 heteroatoms. The van der Waals surface area contributed by atoms with E-state index in [4.69, 9.17) is 4.74 Å². The Bertz CT molecular complexity index is 466. The number of ether oxygens (including phenoxy) is 1. The molecule has 0 spiro atoms. The minimum Gasteiger partial charge on any atom is -0.376 e. The van der Waals surface area contributed by atoms with E-state index in [1.165, 1.54) is 5.56 Å². The zero-order valence-electron chi connectivity index (χ0n) is 14.3. The molecule has 0 radical (unpaired) electrons. The van der Waals surface area contributed by atoms with Gasteiger partial charge in [0.05, 0.1) is 6.10 Å². The molecule has 2 rings (SSSR count). The van der Waals surface area contributed by atoms with Gasteiger partial charge >= 0.3 is 6.03 Å². The van der Waals surface area contributed by atoms with Crippen molar-refractivity contribution in [3.05, 3.63) is 35.4 Å². The zero-order valence-corrected chi connectivity index (χ0v) is 14.3. The lowest BCUT2D eigenvalue weighted by Gasteiger charge is -2.18. The van der Waals surface area contributed by atoms with E-state index < -0.39 is 0 Å². The number of amides is 2. The predicted molar refractivity (Wildman–Crippen MR) is 92.3 cm³/mol. The van der Waals surface area contributed by atoms with Crippen molar-refractivity contribution in [3.8, 4) is 0 Å². The second-order valence-electron chi connectivity index (χ2n) is 5.98. The van der Waals surface area contributed by atoms with Crippen molar-refractivity contribution in [3.63, 3.8) is 0 Å². The van der Waals surface area contributed by atoms with Gasteiger partial charge in [0.25, 0.3) is 0 Å². The number of hydrogen-bond acceptors (Lipinski definition) is 3. The van der Waals surface area contributed by atoms with E-state index in [2.05, 4.69) is 53.6 Å². The molecule has 1 aromatic rings. The second-order valence-corrected chi connectivity index (χ2v) is 5.98. The third kappa shape index (κ3) is 6.20. The summed E-state index contributed by atoms with van der Waals surface area (Å²) in [6.45, 7) is 9.40. The molecule has 1 aromatic carbocycles. The Morgan fingerprint density at radius 3 is 2.48 bits per heavy atom. The Labute approximate surface area is 139 Å². The molecule has 23 heavy (non-hydrogen) atoms. The fourth-order valence-corrected chi connectivity index (χ4v) is 2.72. The van der Waals surface area contributed by atoms with Crippen molar-refractivity contribution in [2.24, 2.45) is 0 Å². The van der Waals surface area contributed by atoms with Gasteiger partial charge in [-0.05, 0) is 37.1 Å². The van der Waals surface area contributed by atoms with Gasteiger partial charge in [-0.3, -0.25) is 4.90 Å². The summed E-state index contributed by atoms with van der Waals surface area (Å²) in [5.74, 6) is 0. The van der Waals surface area contributed by atoms with Crippen LogP contribution in [-0.4, -0.2) is 43.3 Å². The van der Waals surface area contributed by atoms with Crippen LogP contribution in [0.5, 0.6) is 0 Å². The number of carbonyl (C=O) groups excluding carboxylic acids is 1. The molecule has 1 saturated heterocycles. The molecular formula is C18H29N3O2. The van der Waals surface area contributed by atoms with E-state index in [1.807, 2.05) is 0 Å². The Kier molecular flexibility index (Phi) is 7.36. The van der Waals surface area contributed by atoms with Gasteiger partial charge in [0, 0.05) is 26.2 Å². The number of carbonyl (C=O) groups is 1. The lowest BCUT2D eigenvalue weighted by molar-refractivity contribution is 0.111. The summed E-state index contributed by atoms with van der Waals surface area (Å²) in [5.41, 5.74) is 2.42. The summed E-state index contributed by atoms with van der Waals surface area (Å²) < 4.78 is 5.48. The fourth-order valence-electron chi connectivity index (χ4n) is 2.72. The van der Waals surface area contributed by atoms with Crippen molar-refractivity contribution < 1.29 is 9.53 Å². The first kappa shape index (κ1) is 17.8. The molecule has 1 atom stereocenters. The average molecular weight is 319 g/mol. The Morgan fingerprint density at radius 2 is 1.87 bits per heavy atom. The first-order valence-electron chi connectivity index (χ1n) is 8.64. The summed E-state index contributed by atoms with van der Waals surface area (Å²) in [4.78, 5) is 14.2. The van der Waals surface area contributed by atoms with E-state index >= 15 is 0 Å². The van der Waals surface area contributed by atoms with Gasteiger partial charge in [-0.15, -0.1) is 0 Å². The molecule has 1 aliphatic heterocycles. The number of nitrogens with zero attached hydrogens (tertiary/aromatic N) is 1. The standard InChI is InChI=1S/C18H29N3O2/c1-3-21(4-2)14-16-9-7-15(8-10-16)12-19-18(22)20-13-17-6-5-11-23-17/h7-10,17H,3-6,11-14H2,1-2H3,(H2,19,20,22). The van der Waals surface area contributed by atoms with Crippen molar-refractivity contribution in [2.45, 2.75) is 45.9 Å². The van der Waals surface area contributed by atoms with E-state index in [9.17, 15) is 4.79 Å². The summed E-state index contributed by atoms with van der Waals surface area (Å²) in [7, 11) is 0. The van der Waals surface area contributed by atoms with Gasteiger partial charge < -0.3 is 15.4 Å². The van der Waals surface area contributed by atoms with E-state index in [0.29, 0.717) is 13.1 Å². The number of rotatable bonds is 8. The maximum absolute atomic E-state index is 11.8. The molecule has 2 amide bonds. The van der Waals surface area contributed by atoms with Crippen LogP contribution in [0.25, 0.3) is 0 Å². The number of hydrogen-bond donors (Lipinski definition) is 2. The van der Waals surface area contributed by atoms with Crippen LogP contribution in [0.2, 0.25) is 0 Å². The molecule has 2 N–H and O–H groups in total. The van der Waals surface area contributed by atoms with Crippen molar-refractivity contribution in [1.82, 2.24) is 15.5 Å². The van der Waals surface area contributed by atoms with Crippen molar-refractivity contribution >= 4 is 6.03 Å². The highest BCUT2D eigenvalue weighted by atomic mass is 16.5. The molecular weight excluding hydrogens is 290 g/mol. The molecule has 1 aliphatic rings. The van der Waals surface area contributed by atoms with E-state index in [1.54, 1.807) is 0 Å². The quantitative estimate of drug-likeness (QED) is 0.774. The van der Waals surface area contributed by atoms with Crippen LogP contribution in [-0.2, 0) is 17.8 Å². The van der Waals surface area contributed by atoms with Crippen LogP contribution in [0.4, 0.5) is 4.79 Å². The lowest BCUT2D eigenvalue weighted by atomic mass is 10.1. The molecule has 0 aliphatic carbocycles. The Balaban J connectivity index is 1.69. The second kappa shape index (κ2) is 9.53. The number of urea groups is 1. The maximum Gasteiger partial charge on any atom is 0.315 e. The Hall–Kier alpha value is -1.59. The first-order chi connectivity index (χ1) is 11.2. The van der Waals surface area contributed by atoms with Gasteiger partial charge in [-0.25, -0.2) is 4.79 Å². The number of benzene rings is 1. The highest BCUT2D eigenvalue weighted by Crippen LogP contribution is 2.10. The minimum absolute atomic E-state index is 0.132. The molecule has 128 valence electrons. The molecule has 0 saturated carbocycles. The zero-order chi connectivity index (χ0) is 16.5. The molecule has 1 fully saturated rings. The molecule has 1 heterocycles. The summed E-state index contributed by atoms with van der Waals surface area (Å²) in [6.07, 6.45) is 2.31. The molecule has 1 unspecified atom stereocenters. The van der Waals surface area contributed by atoms with Crippen LogP contribution in [0, 0.1) is 0 Å². The molecule has 0 bridgehead atoms. The first-order valence-corrected chi connectivity index (χ1v) is 8.64. The van der Waals surface area contributed by atoms with Gasteiger partial charge in [-0.2, -0.15) is 0 Å². The van der Waals surface area contributed by atoms with Crippen LogP contribution in [0.1, 0.15) is 37.8 Å². The third-order valence-corrected chi connectivity index (χ3v) is 4.29. The fraction of sp³-hybridized carbons (Fsp3) is 0.611. The SMILES string of the molecule is CCN(CC)Cc1ccc(CNC(=O)NCC2CCCO2)cc1. The van der Waals surface area contributed by atoms with Crippen LogP contribution in [0.3, 0.4) is 0 Å². The van der Waals surface area contributed by atoms with E-state index in [0.717, 1.165) is 44.6 Å². The third-order valence-electron chi connectivity index (χ3n) is 4.29. The minimum atomic E-state index is -0.132. The van der Waals surface area contributed by atoms with Crippen LogP contribution in [0.15, 0.2) is 24.3 Å². The highest BCUT2D eigenvalue weighted by molar-refractivity contribution is 5.73. The van der Waals surface area contributed by atoms with Crippen LogP contribution >= 0.6 is 0 Å². The topological polar surface area (TPSA) is 53.6 Å². The summed E-state index contributed by atoms with van der Waals surface area (Å²) in [5, 5.41) is 5.76. The normalized spacial score (nSPS) is 17.4. The van der Waals surface area contributed by atoms with Crippen LogP contribution < -0.4 is 10.6 Å². The van der Waals surface area contributed by atoms with Gasteiger partial charge in [0.15, 0.2) is 0 Å². The molecule has 5 nitrogen and oxygen atoms in total. The van der Waals surface area contributed by atoms with Gasteiger partial charge in [0.1, 0.15) is 0 Å². The largest absolute Gasteiger partial charge is 0.376 e. The Morgan fingerprint density at radius 1 is 1.17 bits per heavy atom. The predicted octanol–water partition coefficient (Wildman–Crippen LogP) is 2.51. The summed E-state index contributed by atoms with van der Waals surface area (Å²) in [6, 6.07) is 8.31. The van der Waals surface area contributed by atoms with Gasteiger partial charge in [-0.1, -0.05) is 38.1 Å². The molecule has 0 aromatic heterocycles. The number of nitrogens with one attached hydrogen (secondary N) is 2. The van der Waals surface area contributed by atoms with Crippen molar-refractivity contribution in [2.75, 3.05) is 26.2 Å². The lowest BCUT2D eigenvalue weighted by Crippen LogP contribution is -2.39. The van der Waals surface area contributed by atoms with E-state index in [-0.39, 0.29) is 12.1 Å². The smallest absolute Gasteiger partial charge is 0.315 e.